The number of nitrogens with one attached hydrogen (secondary N) is 1. The lowest BCUT2D eigenvalue weighted by Gasteiger charge is -2.41. The second kappa shape index (κ2) is 5.92. The van der Waals surface area contributed by atoms with Crippen molar-refractivity contribution in [1.29, 1.82) is 0 Å². The number of nitrogens with zero attached hydrogens (tertiary/aromatic N) is 1. The van der Waals surface area contributed by atoms with Crippen LogP contribution in [-0.2, 0) is 16.0 Å². The summed E-state index contributed by atoms with van der Waals surface area (Å²) in [6.07, 6.45) is 5.74. The van der Waals surface area contributed by atoms with E-state index in [9.17, 15) is 9.59 Å². The molecule has 2 N–H and O–H groups in total. The Balaban J connectivity index is 1.61. The minimum atomic E-state index is -0.879. The summed E-state index contributed by atoms with van der Waals surface area (Å²) >= 11 is 1.45. The fraction of sp³-hybridized carbons (Fsp3) is 0.400. The molecule has 2 aromatic heterocycles. The van der Waals surface area contributed by atoms with Gasteiger partial charge >= 0.3 is 5.97 Å². The molecule has 2 aromatic rings. The van der Waals surface area contributed by atoms with Crippen molar-refractivity contribution in [3.8, 4) is 10.6 Å². The van der Waals surface area contributed by atoms with Crippen LogP contribution in [0.5, 0.6) is 0 Å². The van der Waals surface area contributed by atoms with E-state index in [1.807, 2.05) is 11.4 Å². The number of carbonyl (C=O) groups excluding carboxylic acids is 1. The van der Waals surface area contributed by atoms with Gasteiger partial charge in [-0.15, -0.1) is 11.3 Å². The molecule has 7 heteroatoms. The lowest BCUT2D eigenvalue weighted by atomic mass is 9.74. The Kier molecular flexibility index (Phi) is 3.98. The zero-order chi connectivity index (χ0) is 15.6. The van der Waals surface area contributed by atoms with Crippen LogP contribution in [0.25, 0.3) is 10.6 Å². The molecule has 0 saturated heterocycles. The highest BCUT2D eigenvalue weighted by molar-refractivity contribution is 7.13. The van der Waals surface area contributed by atoms with Crippen LogP contribution >= 0.6 is 11.3 Å². The van der Waals surface area contributed by atoms with Gasteiger partial charge in [0.1, 0.15) is 11.3 Å². The maximum absolute atomic E-state index is 12.1. The summed E-state index contributed by atoms with van der Waals surface area (Å²) in [6.45, 7) is 0. The van der Waals surface area contributed by atoms with E-state index in [1.165, 1.54) is 11.3 Å². The molecule has 1 amide bonds. The van der Waals surface area contributed by atoms with Gasteiger partial charge in [0.2, 0.25) is 5.91 Å². The van der Waals surface area contributed by atoms with Crippen LogP contribution in [0.15, 0.2) is 28.4 Å². The second-order valence-corrected chi connectivity index (χ2v) is 6.44. The van der Waals surface area contributed by atoms with E-state index in [2.05, 4.69) is 10.3 Å². The molecule has 1 saturated carbocycles. The van der Waals surface area contributed by atoms with Crippen molar-refractivity contribution < 1.29 is 19.1 Å². The number of carboxylic acid groups (broad SMARTS) is 1. The molecule has 1 fully saturated rings. The van der Waals surface area contributed by atoms with Crippen molar-refractivity contribution in [1.82, 2.24) is 10.3 Å². The number of rotatable bonds is 6. The molecule has 1 aliphatic rings. The van der Waals surface area contributed by atoms with Gasteiger partial charge in [0.05, 0.1) is 30.3 Å². The average Bonchev–Trinajstić information content (AvgIpc) is 3.05. The van der Waals surface area contributed by atoms with Gasteiger partial charge in [-0.1, -0.05) is 0 Å². The molecule has 22 heavy (non-hydrogen) atoms. The molecule has 1 aliphatic carbocycles. The molecule has 0 unspecified atom stereocenters. The van der Waals surface area contributed by atoms with Crippen LogP contribution < -0.4 is 5.32 Å². The highest BCUT2D eigenvalue weighted by atomic mass is 32.1. The van der Waals surface area contributed by atoms with E-state index in [0.717, 1.165) is 29.8 Å². The van der Waals surface area contributed by atoms with Gasteiger partial charge in [0.15, 0.2) is 0 Å². The monoisotopic (exact) mass is 320 g/mol. The quantitative estimate of drug-likeness (QED) is 0.853. The smallest absolute Gasteiger partial charge is 0.305 e. The third-order valence-corrected chi connectivity index (χ3v) is 4.81. The zero-order valence-corrected chi connectivity index (χ0v) is 12.7. The molecule has 0 atom stereocenters. The Morgan fingerprint density at radius 1 is 1.45 bits per heavy atom. The second-order valence-electron chi connectivity index (χ2n) is 5.59. The Labute approximate surface area is 131 Å². The first-order valence-corrected chi connectivity index (χ1v) is 7.94. The number of amides is 1. The first-order chi connectivity index (χ1) is 10.6. The predicted octanol–water partition coefficient (Wildman–Crippen LogP) is 2.46. The van der Waals surface area contributed by atoms with E-state index in [0.29, 0.717) is 5.69 Å². The van der Waals surface area contributed by atoms with Crippen LogP contribution in [0, 0.1) is 0 Å². The normalized spacial score (nSPS) is 16.0. The van der Waals surface area contributed by atoms with Crippen molar-refractivity contribution >= 4 is 23.2 Å². The summed E-state index contributed by atoms with van der Waals surface area (Å²) in [6, 6.07) is 1.82. The van der Waals surface area contributed by atoms with Gasteiger partial charge < -0.3 is 14.8 Å². The van der Waals surface area contributed by atoms with Crippen LogP contribution in [0.2, 0.25) is 0 Å². The zero-order valence-electron chi connectivity index (χ0n) is 11.9. The Hall–Kier alpha value is -2.15. The van der Waals surface area contributed by atoms with Crippen LogP contribution in [0.4, 0.5) is 0 Å². The fourth-order valence-corrected chi connectivity index (χ4v) is 3.46. The number of aromatic nitrogens is 1. The highest BCUT2D eigenvalue weighted by Gasteiger charge is 2.40. The third kappa shape index (κ3) is 3.19. The maximum Gasteiger partial charge on any atom is 0.305 e. The highest BCUT2D eigenvalue weighted by Crippen LogP contribution is 2.35. The number of furan rings is 1. The molecule has 0 spiro atoms. The number of hydrogen-bond donors (Lipinski definition) is 2. The van der Waals surface area contributed by atoms with E-state index >= 15 is 0 Å². The van der Waals surface area contributed by atoms with Crippen molar-refractivity contribution in [3.05, 3.63) is 29.7 Å². The third-order valence-electron chi connectivity index (χ3n) is 3.87. The SMILES string of the molecule is O=C(O)CC1(NC(=O)Cc2csc(-c3ccoc3)n2)CCC1. The van der Waals surface area contributed by atoms with Gasteiger partial charge in [0.25, 0.3) is 0 Å². The predicted molar refractivity (Wildman–Crippen MR) is 80.5 cm³/mol. The largest absolute Gasteiger partial charge is 0.481 e. The Bertz CT molecular complexity index is 674. The first-order valence-electron chi connectivity index (χ1n) is 7.06. The van der Waals surface area contributed by atoms with Crippen molar-refractivity contribution in [2.75, 3.05) is 0 Å². The number of thiazole rings is 1. The Morgan fingerprint density at radius 2 is 2.27 bits per heavy atom. The van der Waals surface area contributed by atoms with Gasteiger partial charge in [0, 0.05) is 10.9 Å². The van der Waals surface area contributed by atoms with Crippen LogP contribution in [0.3, 0.4) is 0 Å². The summed E-state index contributed by atoms with van der Waals surface area (Å²) in [5.41, 5.74) is 1.01. The lowest BCUT2D eigenvalue weighted by Crippen LogP contribution is -2.55. The minimum Gasteiger partial charge on any atom is -0.481 e. The Morgan fingerprint density at radius 3 is 2.86 bits per heavy atom. The molecule has 2 heterocycles. The van der Waals surface area contributed by atoms with E-state index in [4.69, 9.17) is 9.52 Å². The standard InChI is InChI=1S/C15H16N2O4S/c18-12(17-15(3-1-4-15)7-13(19)20)6-11-9-22-14(16-11)10-2-5-21-8-10/h2,5,8-9H,1,3-4,6-7H2,(H,17,18)(H,19,20). The van der Waals surface area contributed by atoms with Gasteiger partial charge in [-0.3, -0.25) is 9.59 Å². The average molecular weight is 320 g/mol. The van der Waals surface area contributed by atoms with E-state index < -0.39 is 11.5 Å². The molecule has 6 nitrogen and oxygen atoms in total. The molecular weight excluding hydrogens is 304 g/mol. The molecule has 0 radical (unpaired) electrons. The molecule has 0 bridgehead atoms. The summed E-state index contributed by atoms with van der Waals surface area (Å²) < 4.78 is 5.02. The summed E-state index contributed by atoms with van der Waals surface area (Å²) in [5.74, 6) is -1.05. The lowest BCUT2D eigenvalue weighted by molar-refractivity contribution is -0.140. The number of carbonyl (C=O) groups is 2. The van der Waals surface area contributed by atoms with Gasteiger partial charge in [-0.25, -0.2) is 4.98 Å². The maximum atomic E-state index is 12.1. The van der Waals surface area contributed by atoms with Crippen LogP contribution in [-0.4, -0.2) is 27.5 Å². The van der Waals surface area contributed by atoms with Crippen molar-refractivity contribution in [2.24, 2.45) is 0 Å². The first kappa shape index (κ1) is 14.8. The van der Waals surface area contributed by atoms with Gasteiger partial charge in [-0.2, -0.15) is 0 Å². The molecule has 3 rings (SSSR count). The molecule has 0 aliphatic heterocycles. The summed E-state index contributed by atoms with van der Waals surface area (Å²) in [4.78, 5) is 27.5. The van der Waals surface area contributed by atoms with Crippen molar-refractivity contribution in [3.63, 3.8) is 0 Å². The summed E-state index contributed by atoms with van der Waals surface area (Å²) in [5, 5.41) is 14.5. The molecular formula is C15H16N2O4S. The minimum absolute atomic E-state index is 0.0178. The number of carboxylic acids is 1. The molecule has 0 aromatic carbocycles. The van der Waals surface area contributed by atoms with E-state index in [-0.39, 0.29) is 18.7 Å². The summed E-state index contributed by atoms with van der Waals surface area (Å²) in [7, 11) is 0. The number of hydrogen-bond acceptors (Lipinski definition) is 5. The molecule has 116 valence electrons. The number of aliphatic carboxylic acids is 1. The van der Waals surface area contributed by atoms with E-state index in [1.54, 1.807) is 12.5 Å². The van der Waals surface area contributed by atoms with Crippen molar-refractivity contribution in [2.45, 2.75) is 37.6 Å². The van der Waals surface area contributed by atoms with Crippen LogP contribution in [0.1, 0.15) is 31.4 Å². The topological polar surface area (TPSA) is 92.4 Å². The fourth-order valence-electron chi connectivity index (χ4n) is 2.65. The van der Waals surface area contributed by atoms with Gasteiger partial charge in [-0.05, 0) is 25.3 Å².